The molecule has 5 nitrogen and oxygen atoms in total. The smallest absolute Gasteiger partial charge is 0.244 e. The minimum Gasteiger partial charge on any atom is -0.396 e. The Kier molecular flexibility index (Phi) is 3.56. The van der Waals surface area contributed by atoms with E-state index in [1.165, 1.54) is 0 Å². The molecule has 1 unspecified atom stereocenters. The first kappa shape index (κ1) is 11.1. The third-order valence-corrected chi connectivity index (χ3v) is 3.03. The van der Waals surface area contributed by atoms with Crippen LogP contribution in [0.15, 0.2) is 18.5 Å². The Morgan fingerprint density at radius 2 is 2.44 bits per heavy atom. The van der Waals surface area contributed by atoms with Crippen molar-refractivity contribution in [3.05, 3.63) is 18.5 Å². The first-order chi connectivity index (χ1) is 7.79. The van der Waals surface area contributed by atoms with Crippen LogP contribution in [-0.2, 0) is 11.3 Å². The maximum atomic E-state index is 11.9. The summed E-state index contributed by atoms with van der Waals surface area (Å²) in [6.07, 6.45) is 5.27. The van der Waals surface area contributed by atoms with Gasteiger partial charge in [-0.2, -0.15) is 5.10 Å². The number of likely N-dealkylation sites (tertiary alicyclic amines) is 1. The minimum atomic E-state index is 0.115. The molecule has 0 aliphatic carbocycles. The number of rotatable bonds is 4. The normalized spacial score (nSPS) is 20.3. The van der Waals surface area contributed by atoms with E-state index in [9.17, 15) is 4.79 Å². The Morgan fingerprint density at radius 1 is 1.56 bits per heavy atom. The van der Waals surface area contributed by atoms with Gasteiger partial charge < -0.3 is 10.0 Å². The van der Waals surface area contributed by atoms with Gasteiger partial charge in [0.1, 0.15) is 6.54 Å². The van der Waals surface area contributed by atoms with Crippen LogP contribution in [0.3, 0.4) is 0 Å². The molecule has 88 valence electrons. The van der Waals surface area contributed by atoms with E-state index in [0.29, 0.717) is 12.5 Å². The number of carbonyl (C=O) groups is 1. The van der Waals surface area contributed by atoms with Crippen molar-refractivity contribution in [3.8, 4) is 0 Å². The quantitative estimate of drug-likeness (QED) is 0.788. The van der Waals surface area contributed by atoms with Crippen molar-refractivity contribution < 1.29 is 9.90 Å². The summed E-state index contributed by atoms with van der Waals surface area (Å²) in [5, 5.41) is 12.9. The molecule has 0 spiro atoms. The number of aromatic nitrogens is 2. The van der Waals surface area contributed by atoms with Crippen molar-refractivity contribution in [2.24, 2.45) is 5.92 Å². The van der Waals surface area contributed by atoms with Crippen LogP contribution in [-0.4, -0.2) is 45.4 Å². The number of amides is 1. The number of carbonyl (C=O) groups excluding carboxylic acids is 1. The first-order valence-electron chi connectivity index (χ1n) is 5.65. The molecule has 1 aromatic rings. The molecule has 2 heterocycles. The largest absolute Gasteiger partial charge is 0.396 e. The third kappa shape index (κ3) is 2.61. The molecular formula is C11H17N3O2. The molecule has 1 aliphatic heterocycles. The van der Waals surface area contributed by atoms with Gasteiger partial charge in [0.25, 0.3) is 0 Å². The minimum absolute atomic E-state index is 0.115. The summed E-state index contributed by atoms with van der Waals surface area (Å²) in [6.45, 7) is 2.12. The summed E-state index contributed by atoms with van der Waals surface area (Å²) in [5.74, 6) is 0.579. The van der Waals surface area contributed by atoms with Gasteiger partial charge in [0.15, 0.2) is 0 Å². The van der Waals surface area contributed by atoms with Crippen LogP contribution in [0.4, 0.5) is 0 Å². The average molecular weight is 223 g/mol. The number of aliphatic hydroxyl groups is 1. The van der Waals surface area contributed by atoms with Crippen LogP contribution in [0.1, 0.15) is 12.8 Å². The molecule has 0 saturated carbocycles. The maximum Gasteiger partial charge on any atom is 0.244 e. The van der Waals surface area contributed by atoms with E-state index in [1.807, 2.05) is 11.0 Å². The lowest BCUT2D eigenvalue weighted by Gasteiger charge is -2.16. The molecule has 1 amide bonds. The zero-order valence-electron chi connectivity index (χ0n) is 9.25. The molecule has 0 radical (unpaired) electrons. The molecule has 16 heavy (non-hydrogen) atoms. The second kappa shape index (κ2) is 5.12. The molecule has 1 fully saturated rings. The molecule has 1 aliphatic rings. The Bertz CT molecular complexity index is 337. The Hall–Kier alpha value is -1.36. The van der Waals surface area contributed by atoms with E-state index in [0.717, 1.165) is 25.9 Å². The molecule has 0 aromatic carbocycles. The lowest BCUT2D eigenvalue weighted by molar-refractivity contribution is -0.131. The van der Waals surface area contributed by atoms with Gasteiger partial charge in [-0.05, 0) is 24.8 Å². The van der Waals surface area contributed by atoms with Gasteiger partial charge in [-0.3, -0.25) is 9.48 Å². The number of aliphatic hydroxyl groups excluding tert-OH is 1. The van der Waals surface area contributed by atoms with Crippen LogP contribution in [0.25, 0.3) is 0 Å². The van der Waals surface area contributed by atoms with Gasteiger partial charge in [0.2, 0.25) is 5.91 Å². The molecule has 5 heteroatoms. The highest BCUT2D eigenvalue weighted by molar-refractivity contribution is 5.76. The van der Waals surface area contributed by atoms with Crippen molar-refractivity contribution in [1.29, 1.82) is 0 Å². The summed E-state index contributed by atoms with van der Waals surface area (Å²) in [4.78, 5) is 13.7. The fourth-order valence-electron chi connectivity index (χ4n) is 2.11. The zero-order chi connectivity index (χ0) is 11.4. The lowest BCUT2D eigenvalue weighted by atomic mass is 10.1. The predicted octanol–water partition coefficient (Wildman–Crippen LogP) is 0.114. The third-order valence-electron chi connectivity index (χ3n) is 3.03. The van der Waals surface area contributed by atoms with Gasteiger partial charge in [0.05, 0.1) is 0 Å². The highest BCUT2D eigenvalue weighted by Gasteiger charge is 2.25. The lowest BCUT2D eigenvalue weighted by Crippen LogP contribution is -2.32. The zero-order valence-corrected chi connectivity index (χ0v) is 9.25. The molecule has 1 atom stereocenters. The van der Waals surface area contributed by atoms with E-state index in [4.69, 9.17) is 5.11 Å². The van der Waals surface area contributed by atoms with Crippen LogP contribution < -0.4 is 0 Å². The summed E-state index contributed by atoms with van der Waals surface area (Å²) in [7, 11) is 0. The van der Waals surface area contributed by atoms with Crippen LogP contribution in [0.2, 0.25) is 0 Å². The van der Waals surface area contributed by atoms with E-state index < -0.39 is 0 Å². The average Bonchev–Trinajstić information content (AvgIpc) is 2.89. The molecule has 2 rings (SSSR count). The molecule has 1 aromatic heterocycles. The van der Waals surface area contributed by atoms with E-state index in [2.05, 4.69) is 5.10 Å². The molecule has 0 bridgehead atoms. The highest BCUT2D eigenvalue weighted by atomic mass is 16.3. The van der Waals surface area contributed by atoms with Crippen molar-refractivity contribution >= 4 is 5.91 Å². The topological polar surface area (TPSA) is 58.4 Å². The predicted molar refractivity (Wildman–Crippen MR) is 58.6 cm³/mol. The fraction of sp³-hybridized carbons (Fsp3) is 0.636. The van der Waals surface area contributed by atoms with Crippen LogP contribution in [0, 0.1) is 5.92 Å². The van der Waals surface area contributed by atoms with E-state index in [1.54, 1.807) is 17.1 Å². The van der Waals surface area contributed by atoms with Crippen molar-refractivity contribution in [1.82, 2.24) is 14.7 Å². The fourth-order valence-corrected chi connectivity index (χ4v) is 2.11. The standard InChI is InChI=1S/C11H17N3O2/c15-7-3-10-2-6-13(8-10)11(16)9-14-5-1-4-12-14/h1,4-5,10,15H,2-3,6-9H2. The maximum absolute atomic E-state index is 11.9. The van der Waals surface area contributed by atoms with Crippen molar-refractivity contribution in [2.45, 2.75) is 19.4 Å². The van der Waals surface area contributed by atoms with Crippen LogP contribution >= 0.6 is 0 Å². The number of nitrogens with zero attached hydrogens (tertiary/aromatic N) is 3. The monoisotopic (exact) mass is 223 g/mol. The molecule has 1 N–H and O–H groups in total. The van der Waals surface area contributed by atoms with E-state index in [-0.39, 0.29) is 12.5 Å². The van der Waals surface area contributed by atoms with Gasteiger partial charge in [-0.1, -0.05) is 0 Å². The second-order valence-electron chi connectivity index (χ2n) is 4.21. The Balaban J connectivity index is 1.83. The number of hydrogen-bond donors (Lipinski definition) is 1. The summed E-state index contributed by atoms with van der Waals surface area (Å²) < 4.78 is 1.64. The summed E-state index contributed by atoms with van der Waals surface area (Å²) >= 11 is 0. The SMILES string of the molecule is O=C(Cn1cccn1)N1CCC(CCO)C1. The van der Waals surface area contributed by atoms with Gasteiger partial charge in [0, 0.05) is 32.1 Å². The summed E-state index contributed by atoms with van der Waals surface area (Å²) in [5.41, 5.74) is 0. The van der Waals surface area contributed by atoms with Gasteiger partial charge in [-0.15, -0.1) is 0 Å². The summed E-state index contributed by atoms with van der Waals surface area (Å²) in [6, 6.07) is 1.81. The van der Waals surface area contributed by atoms with Crippen molar-refractivity contribution in [3.63, 3.8) is 0 Å². The van der Waals surface area contributed by atoms with E-state index >= 15 is 0 Å². The van der Waals surface area contributed by atoms with Gasteiger partial charge in [-0.25, -0.2) is 0 Å². The second-order valence-corrected chi connectivity index (χ2v) is 4.21. The first-order valence-corrected chi connectivity index (χ1v) is 5.65. The Labute approximate surface area is 94.7 Å². The van der Waals surface area contributed by atoms with Crippen LogP contribution in [0.5, 0.6) is 0 Å². The van der Waals surface area contributed by atoms with Gasteiger partial charge >= 0.3 is 0 Å². The highest BCUT2D eigenvalue weighted by Crippen LogP contribution is 2.19. The van der Waals surface area contributed by atoms with Crippen molar-refractivity contribution in [2.75, 3.05) is 19.7 Å². The molecular weight excluding hydrogens is 206 g/mol. The number of hydrogen-bond acceptors (Lipinski definition) is 3. The Morgan fingerprint density at radius 3 is 3.12 bits per heavy atom. The molecule has 1 saturated heterocycles.